The number of nitrogens with zero attached hydrogens (tertiary/aromatic N) is 2. The fraction of sp³-hybridized carbons (Fsp3) is 0.235. The predicted octanol–water partition coefficient (Wildman–Crippen LogP) is 4.34. The van der Waals surface area contributed by atoms with Gasteiger partial charge >= 0.3 is 0 Å². The maximum Gasteiger partial charge on any atom is 0.185 e. The number of hydrogen-bond acceptors (Lipinski definition) is 3. The van der Waals surface area contributed by atoms with Crippen LogP contribution in [-0.4, -0.2) is 16.9 Å². The molecule has 0 radical (unpaired) electrons. The van der Waals surface area contributed by atoms with Crippen LogP contribution in [0.1, 0.15) is 30.5 Å². The quantitative estimate of drug-likeness (QED) is 0.770. The Balaban J connectivity index is 1.74. The van der Waals surface area contributed by atoms with E-state index in [1.54, 1.807) is 0 Å². The van der Waals surface area contributed by atoms with E-state index in [1.165, 1.54) is 11.1 Å². The fourth-order valence-electron chi connectivity index (χ4n) is 3.04. The number of hydrazone groups is 1. The molecule has 0 spiro atoms. The molecule has 0 unspecified atom stereocenters. The van der Waals surface area contributed by atoms with Gasteiger partial charge in [0.2, 0.25) is 0 Å². The highest BCUT2D eigenvalue weighted by Gasteiger charge is 2.38. The highest BCUT2D eigenvalue weighted by Crippen LogP contribution is 2.43. The van der Waals surface area contributed by atoms with Gasteiger partial charge in [0.25, 0.3) is 0 Å². The third kappa shape index (κ3) is 2.14. The molecule has 4 rings (SSSR count). The van der Waals surface area contributed by atoms with Gasteiger partial charge in [-0.15, -0.1) is 0 Å². The molecule has 2 aromatic carbocycles. The molecule has 0 N–H and O–H groups in total. The smallest absolute Gasteiger partial charge is 0.185 e. The van der Waals surface area contributed by atoms with Crippen LogP contribution in [0.3, 0.4) is 0 Å². The summed E-state index contributed by atoms with van der Waals surface area (Å²) in [6.07, 6.45) is 0.881. The highest BCUT2D eigenvalue weighted by atomic mass is 79.9. The van der Waals surface area contributed by atoms with Crippen molar-refractivity contribution in [3.63, 3.8) is 0 Å². The van der Waals surface area contributed by atoms with Gasteiger partial charge in [0.1, 0.15) is 5.75 Å². The summed E-state index contributed by atoms with van der Waals surface area (Å²) in [7, 11) is 0. The van der Waals surface area contributed by atoms with Gasteiger partial charge in [-0.3, -0.25) is 5.01 Å². The van der Waals surface area contributed by atoms with Crippen molar-refractivity contribution in [3.8, 4) is 5.75 Å². The van der Waals surface area contributed by atoms with Gasteiger partial charge in [-0.05, 0) is 30.7 Å². The maximum atomic E-state index is 5.98. The molecule has 2 aliphatic heterocycles. The fourth-order valence-corrected chi connectivity index (χ4v) is 3.42. The third-order valence-electron chi connectivity index (χ3n) is 4.05. The molecule has 106 valence electrons. The summed E-state index contributed by atoms with van der Waals surface area (Å²) in [5.74, 6) is 0.969. The topological polar surface area (TPSA) is 24.8 Å². The Kier molecular flexibility index (Phi) is 3.00. The van der Waals surface area contributed by atoms with E-state index in [1.807, 2.05) is 18.2 Å². The largest absolute Gasteiger partial charge is 0.469 e. The molecule has 2 heterocycles. The van der Waals surface area contributed by atoms with Crippen LogP contribution in [0.2, 0.25) is 0 Å². The van der Waals surface area contributed by atoms with Crippen LogP contribution in [0.4, 0.5) is 0 Å². The van der Waals surface area contributed by atoms with Crippen molar-refractivity contribution in [3.05, 3.63) is 64.1 Å². The average Bonchev–Trinajstić information content (AvgIpc) is 2.95. The summed E-state index contributed by atoms with van der Waals surface area (Å²) in [6.45, 7) is 2.05. The number of rotatable bonds is 1. The van der Waals surface area contributed by atoms with Crippen molar-refractivity contribution in [2.75, 3.05) is 0 Å². The van der Waals surface area contributed by atoms with Crippen LogP contribution < -0.4 is 4.74 Å². The van der Waals surface area contributed by atoms with E-state index in [-0.39, 0.29) is 12.3 Å². The van der Waals surface area contributed by atoms with Gasteiger partial charge in [0.15, 0.2) is 6.23 Å². The zero-order chi connectivity index (χ0) is 14.4. The van der Waals surface area contributed by atoms with Gasteiger partial charge in [-0.25, -0.2) is 0 Å². The Morgan fingerprint density at radius 2 is 2.00 bits per heavy atom. The molecule has 3 nitrogen and oxygen atoms in total. The molecule has 0 bridgehead atoms. The number of fused-ring (bicyclic) bond motifs is 3. The predicted molar refractivity (Wildman–Crippen MR) is 86.4 cm³/mol. The van der Waals surface area contributed by atoms with Crippen LogP contribution in [0.15, 0.2) is 58.1 Å². The second-order valence-electron chi connectivity index (χ2n) is 5.41. The Labute approximate surface area is 132 Å². The third-order valence-corrected chi connectivity index (χ3v) is 4.54. The molecule has 2 atom stereocenters. The van der Waals surface area contributed by atoms with Crippen molar-refractivity contribution in [2.45, 2.75) is 25.6 Å². The number of ether oxygens (including phenoxy) is 1. The summed E-state index contributed by atoms with van der Waals surface area (Å²) >= 11 is 3.55. The second-order valence-corrected chi connectivity index (χ2v) is 6.33. The zero-order valence-electron chi connectivity index (χ0n) is 11.7. The van der Waals surface area contributed by atoms with E-state index in [2.05, 4.69) is 58.2 Å². The van der Waals surface area contributed by atoms with Crippen LogP contribution in [0.25, 0.3) is 0 Å². The first-order chi connectivity index (χ1) is 10.2. The minimum Gasteiger partial charge on any atom is -0.469 e. The molecular weight excluding hydrogens is 328 g/mol. The average molecular weight is 343 g/mol. The zero-order valence-corrected chi connectivity index (χ0v) is 13.2. The molecule has 4 heteroatoms. The van der Waals surface area contributed by atoms with E-state index in [0.717, 1.165) is 22.4 Å². The van der Waals surface area contributed by atoms with E-state index in [9.17, 15) is 0 Å². The molecule has 0 aliphatic carbocycles. The molecular formula is C17H15BrN2O. The molecule has 0 amide bonds. The monoisotopic (exact) mass is 342 g/mol. The second kappa shape index (κ2) is 4.88. The van der Waals surface area contributed by atoms with Crippen molar-refractivity contribution >= 4 is 21.6 Å². The molecule has 0 fully saturated rings. The Morgan fingerprint density at radius 3 is 2.81 bits per heavy atom. The molecule has 2 aliphatic rings. The van der Waals surface area contributed by atoms with Gasteiger partial charge in [0.05, 0.1) is 11.8 Å². The standard InChI is InChI=1S/C17H15BrN2O/c1-11-20-16(14-9-13(18)7-8-17(14)21-11)10-15(19-20)12-5-3-2-4-6-12/h2-9,11,16H,10H2,1H3/t11-,16+/m0/s1. The minimum atomic E-state index is -0.0371. The van der Waals surface area contributed by atoms with Gasteiger partial charge in [-0.2, -0.15) is 5.10 Å². The first kappa shape index (κ1) is 12.9. The van der Waals surface area contributed by atoms with Crippen molar-refractivity contribution in [2.24, 2.45) is 5.10 Å². The lowest BCUT2D eigenvalue weighted by Crippen LogP contribution is -2.37. The first-order valence-electron chi connectivity index (χ1n) is 7.10. The molecule has 2 aromatic rings. The Bertz CT molecular complexity index is 714. The van der Waals surface area contributed by atoms with Crippen molar-refractivity contribution < 1.29 is 4.74 Å². The van der Waals surface area contributed by atoms with Crippen molar-refractivity contribution in [1.29, 1.82) is 0 Å². The minimum absolute atomic E-state index is 0.0371. The van der Waals surface area contributed by atoms with E-state index in [0.29, 0.717) is 0 Å². The van der Waals surface area contributed by atoms with Crippen LogP contribution >= 0.6 is 15.9 Å². The summed E-state index contributed by atoms with van der Waals surface area (Å²) in [5.41, 5.74) is 3.52. The van der Waals surface area contributed by atoms with E-state index >= 15 is 0 Å². The molecule has 21 heavy (non-hydrogen) atoms. The number of benzene rings is 2. The van der Waals surface area contributed by atoms with Gasteiger partial charge < -0.3 is 4.74 Å². The normalized spacial score (nSPS) is 23.1. The van der Waals surface area contributed by atoms with E-state index < -0.39 is 0 Å². The molecule has 0 saturated heterocycles. The molecule has 0 aromatic heterocycles. The van der Waals surface area contributed by atoms with E-state index in [4.69, 9.17) is 9.84 Å². The van der Waals surface area contributed by atoms with Crippen LogP contribution in [-0.2, 0) is 0 Å². The van der Waals surface area contributed by atoms with Crippen LogP contribution in [0, 0.1) is 0 Å². The SMILES string of the molecule is C[C@@H]1Oc2ccc(Br)cc2[C@H]2CC(c3ccccc3)=NN12. The maximum absolute atomic E-state index is 5.98. The lowest BCUT2D eigenvalue weighted by atomic mass is 9.97. The first-order valence-corrected chi connectivity index (χ1v) is 7.89. The summed E-state index contributed by atoms with van der Waals surface area (Å²) in [5, 5.41) is 6.88. The lowest BCUT2D eigenvalue weighted by Gasteiger charge is -2.36. The summed E-state index contributed by atoms with van der Waals surface area (Å²) < 4.78 is 7.06. The number of halogens is 1. The van der Waals surface area contributed by atoms with Crippen LogP contribution in [0.5, 0.6) is 5.75 Å². The number of hydrogen-bond donors (Lipinski definition) is 0. The highest BCUT2D eigenvalue weighted by molar-refractivity contribution is 9.10. The summed E-state index contributed by atoms with van der Waals surface area (Å²) in [6, 6.07) is 16.8. The van der Waals surface area contributed by atoms with Crippen molar-refractivity contribution in [1.82, 2.24) is 5.01 Å². The summed E-state index contributed by atoms with van der Waals surface area (Å²) in [4.78, 5) is 0. The lowest BCUT2D eigenvalue weighted by molar-refractivity contribution is -0.00339. The Hall–Kier alpha value is -1.81. The Morgan fingerprint density at radius 1 is 1.19 bits per heavy atom. The molecule has 0 saturated carbocycles. The van der Waals surface area contributed by atoms with Gasteiger partial charge in [-0.1, -0.05) is 46.3 Å². The van der Waals surface area contributed by atoms with Gasteiger partial charge in [0, 0.05) is 16.5 Å².